The van der Waals surface area contributed by atoms with Gasteiger partial charge in [-0.25, -0.2) is 4.39 Å². The van der Waals surface area contributed by atoms with Crippen LogP contribution in [-0.2, 0) is 4.79 Å². The largest absolute Gasteiger partial charge is 0.484 e. The van der Waals surface area contributed by atoms with E-state index in [4.69, 9.17) is 4.74 Å². The maximum absolute atomic E-state index is 12.9. The van der Waals surface area contributed by atoms with Gasteiger partial charge in [0.2, 0.25) is 0 Å². The number of halogens is 1. The van der Waals surface area contributed by atoms with Gasteiger partial charge in [-0.3, -0.25) is 4.79 Å². The highest BCUT2D eigenvalue weighted by atomic mass is 19.1. The van der Waals surface area contributed by atoms with Crippen LogP contribution in [0.3, 0.4) is 0 Å². The van der Waals surface area contributed by atoms with Crippen LogP contribution >= 0.6 is 0 Å². The molecule has 1 N–H and O–H groups in total. The Labute approximate surface area is 130 Å². The lowest BCUT2D eigenvalue weighted by Gasteiger charge is -2.15. The van der Waals surface area contributed by atoms with Crippen molar-refractivity contribution in [3.8, 4) is 5.75 Å². The summed E-state index contributed by atoms with van der Waals surface area (Å²) >= 11 is 0. The number of benzene rings is 2. The van der Waals surface area contributed by atoms with Crippen LogP contribution < -0.4 is 10.1 Å². The summed E-state index contributed by atoms with van der Waals surface area (Å²) < 4.78 is 18.4. The zero-order valence-corrected chi connectivity index (χ0v) is 13.0. The van der Waals surface area contributed by atoms with E-state index in [1.54, 1.807) is 12.1 Å². The summed E-state index contributed by atoms with van der Waals surface area (Å²) in [7, 11) is 0. The van der Waals surface area contributed by atoms with E-state index in [1.807, 2.05) is 39.0 Å². The fraction of sp³-hybridized carbons (Fsp3) is 0.278. The molecule has 0 aliphatic rings. The molecule has 22 heavy (non-hydrogen) atoms. The second-order valence-electron chi connectivity index (χ2n) is 5.45. The van der Waals surface area contributed by atoms with Gasteiger partial charge < -0.3 is 10.1 Å². The quantitative estimate of drug-likeness (QED) is 0.914. The van der Waals surface area contributed by atoms with Crippen LogP contribution in [0.1, 0.15) is 29.7 Å². The molecule has 116 valence electrons. The van der Waals surface area contributed by atoms with Crippen LogP contribution in [0.2, 0.25) is 0 Å². The molecule has 1 atom stereocenters. The maximum atomic E-state index is 12.9. The van der Waals surface area contributed by atoms with Gasteiger partial charge in [-0.05, 0) is 61.7 Å². The molecule has 3 nitrogen and oxygen atoms in total. The van der Waals surface area contributed by atoms with E-state index in [-0.39, 0.29) is 24.4 Å². The van der Waals surface area contributed by atoms with Gasteiger partial charge in [-0.1, -0.05) is 18.2 Å². The molecular weight excluding hydrogens is 281 g/mol. The minimum Gasteiger partial charge on any atom is -0.484 e. The van der Waals surface area contributed by atoms with Crippen molar-refractivity contribution in [1.29, 1.82) is 0 Å². The highest BCUT2D eigenvalue weighted by molar-refractivity contribution is 5.78. The predicted molar refractivity (Wildman–Crippen MR) is 84.4 cm³/mol. The van der Waals surface area contributed by atoms with Crippen molar-refractivity contribution in [1.82, 2.24) is 5.32 Å². The first-order chi connectivity index (χ1) is 10.4. The summed E-state index contributed by atoms with van der Waals surface area (Å²) in [5, 5.41) is 2.83. The molecule has 0 saturated heterocycles. The third-order valence-corrected chi connectivity index (χ3v) is 3.31. The number of amides is 1. The first kappa shape index (κ1) is 16.0. The molecule has 0 aromatic heterocycles. The predicted octanol–water partition coefficient (Wildman–Crippen LogP) is 3.70. The molecule has 0 spiro atoms. The molecule has 0 bridgehead atoms. The summed E-state index contributed by atoms with van der Waals surface area (Å²) in [6.45, 7) is 5.77. The lowest BCUT2D eigenvalue weighted by atomic mass is 10.1. The number of aryl methyl sites for hydroxylation is 2. The third-order valence-electron chi connectivity index (χ3n) is 3.31. The van der Waals surface area contributed by atoms with E-state index in [0.717, 1.165) is 16.7 Å². The summed E-state index contributed by atoms with van der Waals surface area (Å²) in [6, 6.07) is 11.7. The maximum Gasteiger partial charge on any atom is 0.258 e. The monoisotopic (exact) mass is 301 g/mol. The van der Waals surface area contributed by atoms with Gasteiger partial charge in [-0.2, -0.15) is 0 Å². The van der Waals surface area contributed by atoms with Gasteiger partial charge in [0.05, 0.1) is 6.04 Å². The smallest absolute Gasteiger partial charge is 0.258 e. The second-order valence-corrected chi connectivity index (χ2v) is 5.45. The molecule has 2 rings (SSSR count). The fourth-order valence-corrected chi connectivity index (χ4v) is 2.28. The van der Waals surface area contributed by atoms with Crippen molar-refractivity contribution < 1.29 is 13.9 Å². The third kappa shape index (κ3) is 4.58. The zero-order valence-electron chi connectivity index (χ0n) is 13.0. The van der Waals surface area contributed by atoms with Crippen molar-refractivity contribution in [2.24, 2.45) is 0 Å². The molecule has 0 aliphatic heterocycles. The van der Waals surface area contributed by atoms with E-state index in [0.29, 0.717) is 5.75 Å². The van der Waals surface area contributed by atoms with E-state index >= 15 is 0 Å². The highest BCUT2D eigenvalue weighted by Crippen LogP contribution is 2.16. The average molecular weight is 301 g/mol. The standard InChI is InChI=1S/C18H20FNO2/c1-12-8-13(2)10-17(9-12)22-11-18(21)20-14(3)15-4-6-16(19)7-5-15/h4-10,14H,11H2,1-3H3,(H,20,21)/t14-/m0/s1. The van der Waals surface area contributed by atoms with E-state index in [1.165, 1.54) is 12.1 Å². The van der Waals surface area contributed by atoms with Gasteiger partial charge in [0.25, 0.3) is 5.91 Å². The zero-order chi connectivity index (χ0) is 16.1. The second kappa shape index (κ2) is 7.07. The molecule has 1 amide bonds. The number of carbonyl (C=O) groups excluding carboxylic acids is 1. The van der Waals surface area contributed by atoms with Crippen molar-refractivity contribution >= 4 is 5.91 Å². The van der Waals surface area contributed by atoms with Gasteiger partial charge in [0.1, 0.15) is 11.6 Å². The molecule has 0 fully saturated rings. The molecule has 0 unspecified atom stereocenters. The number of hydrogen-bond acceptors (Lipinski definition) is 2. The Kier molecular flexibility index (Phi) is 5.15. The molecule has 0 heterocycles. The van der Waals surface area contributed by atoms with Gasteiger partial charge in [0.15, 0.2) is 6.61 Å². The minimum atomic E-state index is -0.291. The molecule has 2 aromatic rings. The Morgan fingerprint density at radius 3 is 2.32 bits per heavy atom. The fourth-order valence-electron chi connectivity index (χ4n) is 2.28. The molecule has 4 heteroatoms. The SMILES string of the molecule is Cc1cc(C)cc(OCC(=O)N[C@@H](C)c2ccc(F)cc2)c1. The van der Waals surface area contributed by atoms with Gasteiger partial charge in [0, 0.05) is 0 Å². The van der Waals surface area contributed by atoms with Crippen molar-refractivity contribution in [3.63, 3.8) is 0 Å². The molecule has 0 aliphatic carbocycles. The average Bonchev–Trinajstić information content (AvgIpc) is 2.45. The van der Waals surface area contributed by atoms with Gasteiger partial charge >= 0.3 is 0 Å². The molecule has 2 aromatic carbocycles. The number of hydrogen-bond donors (Lipinski definition) is 1. The van der Waals surface area contributed by atoms with E-state index in [2.05, 4.69) is 5.32 Å². The van der Waals surface area contributed by atoms with E-state index < -0.39 is 0 Å². The lowest BCUT2D eigenvalue weighted by molar-refractivity contribution is -0.123. The number of ether oxygens (including phenoxy) is 1. The molecule has 0 radical (unpaired) electrons. The van der Waals surface area contributed by atoms with Crippen LogP contribution in [0.25, 0.3) is 0 Å². The van der Waals surface area contributed by atoms with Crippen LogP contribution in [-0.4, -0.2) is 12.5 Å². The topological polar surface area (TPSA) is 38.3 Å². The Hall–Kier alpha value is -2.36. The Morgan fingerprint density at radius 1 is 1.14 bits per heavy atom. The lowest BCUT2D eigenvalue weighted by Crippen LogP contribution is -2.31. The number of rotatable bonds is 5. The first-order valence-corrected chi connectivity index (χ1v) is 7.20. The van der Waals surface area contributed by atoms with Crippen LogP contribution in [0.15, 0.2) is 42.5 Å². The highest BCUT2D eigenvalue weighted by Gasteiger charge is 2.10. The first-order valence-electron chi connectivity index (χ1n) is 7.20. The Bertz CT molecular complexity index is 632. The minimum absolute atomic E-state index is 0.0472. The molecule has 0 saturated carbocycles. The summed E-state index contributed by atoms with van der Waals surface area (Å²) in [5.74, 6) is 0.179. The van der Waals surface area contributed by atoms with Gasteiger partial charge in [-0.15, -0.1) is 0 Å². The molecular formula is C18H20FNO2. The van der Waals surface area contributed by atoms with Crippen molar-refractivity contribution in [2.75, 3.05) is 6.61 Å². The number of nitrogens with one attached hydrogen (secondary N) is 1. The van der Waals surface area contributed by atoms with Crippen LogP contribution in [0.4, 0.5) is 4.39 Å². The summed E-state index contributed by atoms with van der Waals surface area (Å²) in [5.41, 5.74) is 3.03. The van der Waals surface area contributed by atoms with Crippen molar-refractivity contribution in [2.45, 2.75) is 26.8 Å². The Morgan fingerprint density at radius 2 is 1.73 bits per heavy atom. The number of carbonyl (C=O) groups is 1. The summed E-state index contributed by atoms with van der Waals surface area (Å²) in [6.07, 6.45) is 0. The van der Waals surface area contributed by atoms with Crippen molar-refractivity contribution in [3.05, 3.63) is 65.0 Å². The van der Waals surface area contributed by atoms with E-state index in [9.17, 15) is 9.18 Å². The van der Waals surface area contributed by atoms with Crippen LogP contribution in [0, 0.1) is 19.7 Å². The normalized spacial score (nSPS) is 11.8. The van der Waals surface area contributed by atoms with Crippen LogP contribution in [0.5, 0.6) is 5.75 Å². The Balaban J connectivity index is 1.88. The summed E-state index contributed by atoms with van der Waals surface area (Å²) in [4.78, 5) is 11.9.